The Morgan fingerprint density at radius 3 is 2.92 bits per heavy atom. The third-order valence-electron chi connectivity index (χ3n) is 3.20. The topological polar surface area (TPSA) is 83.0 Å². The lowest BCUT2D eigenvalue weighted by atomic mass is 10.2. The van der Waals surface area contributed by atoms with E-state index in [1.54, 1.807) is 12.1 Å². The van der Waals surface area contributed by atoms with Crippen molar-refractivity contribution < 1.29 is 9.53 Å². The molecule has 0 spiro atoms. The standard InChI is InChI=1S/C16H19ClN4O2S/c1-4-7-21-15(19-20-16(21)24-9-14(18)22)11(3)23-13-6-5-12(17)8-10(13)2/h4-6,8,11H,1,7,9H2,2-3H3,(H2,18,22). The zero-order valence-electron chi connectivity index (χ0n) is 13.5. The molecule has 1 aromatic carbocycles. The van der Waals surface area contributed by atoms with Crippen molar-refractivity contribution in [3.05, 3.63) is 47.3 Å². The Labute approximate surface area is 150 Å². The van der Waals surface area contributed by atoms with Gasteiger partial charge in [-0.3, -0.25) is 9.36 Å². The molecule has 2 aromatic rings. The number of hydrogen-bond acceptors (Lipinski definition) is 5. The minimum absolute atomic E-state index is 0.140. The molecule has 0 aliphatic rings. The maximum absolute atomic E-state index is 11.0. The minimum Gasteiger partial charge on any atom is -0.482 e. The van der Waals surface area contributed by atoms with Gasteiger partial charge in [0.15, 0.2) is 17.1 Å². The van der Waals surface area contributed by atoms with Crippen molar-refractivity contribution in [2.24, 2.45) is 5.73 Å². The summed E-state index contributed by atoms with van der Waals surface area (Å²) in [5, 5.41) is 9.59. The molecular weight excluding hydrogens is 348 g/mol. The van der Waals surface area contributed by atoms with Crippen molar-refractivity contribution in [3.63, 3.8) is 0 Å². The summed E-state index contributed by atoms with van der Waals surface area (Å²) in [7, 11) is 0. The highest BCUT2D eigenvalue weighted by molar-refractivity contribution is 7.99. The number of benzene rings is 1. The van der Waals surface area contributed by atoms with Gasteiger partial charge < -0.3 is 10.5 Å². The third-order valence-corrected chi connectivity index (χ3v) is 4.43. The molecule has 1 heterocycles. The molecule has 2 rings (SSSR count). The van der Waals surface area contributed by atoms with Crippen LogP contribution in [0.15, 0.2) is 36.0 Å². The van der Waals surface area contributed by atoms with Crippen molar-refractivity contribution in [2.45, 2.75) is 31.7 Å². The van der Waals surface area contributed by atoms with E-state index in [4.69, 9.17) is 22.1 Å². The molecule has 1 atom stereocenters. The number of aromatic nitrogens is 3. The van der Waals surface area contributed by atoms with Gasteiger partial charge in [0.05, 0.1) is 5.75 Å². The average molecular weight is 367 g/mol. The van der Waals surface area contributed by atoms with E-state index in [2.05, 4.69) is 16.8 Å². The van der Waals surface area contributed by atoms with E-state index in [1.807, 2.05) is 30.5 Å². The second-order valence-corrected chi connectivity index (χ2v) is 6.54. The summed E-state index contributed by atoms with van der Waals surface area (Å²) >= 11 is 7.21. The van der Waals surface area contributed by atoms with Crippen LogP contribution in [0.3, 0.4) is 0 Å². The van der Waals surface area contributed by atoms with Gasteiger partial charge in [0.1, 0.15) is 5.75 Å². The summed E-state index contributed by atoms with van der Waals surface area (Å²) in [4.78, 5) is 11.0. The van der Waals surface area contributed by atoms with Gasteiger partial charge in [-0.1, -0.05) is 29.4 Å². The summed E-state index contributed by atoms with van der Waals surface area (Å²) < 4.78 is 7.85. The Bertz CT molecular complexity index is 748. The maximum atomic E-state index is 11.0. The fourth-order valence-electron chi connectivity index (χ4n) is 2.13. The van der Waals surface area contributed by atoms with Gasteiger partial charge in [-0.05, 0) is 37.6 Å². The smallest absolute Gasteiger partial charge is 0.227 e. The number of carbonyl (C=O) groups excluding carboxylic acids is 1. The van der Waals surface area contributed by atoms with Crippen molar-refractivity contribution in [3.8, 4) is 5.75 Å². The van der Waals surface area contributed by atoms with Crippen LogP contribution >= 0.6 is 23.4 Å². The molecule has 0 saturated carbocycles. The predicted octanol–water partition coefficient (Wildman–Crippen LogP) is 3.14. The lowest BCUT2D eigenvalue weighted by molar-refractivity contribution is -0.115. The number of primary amides is 1. The zero-order valence-corrected chi connectivity index (χ0v) is 15.1. The van der Waals surface area contributed by atoms with E-state index in [0.29, 0.717) is 22.5 Å². The molecular formula is C16H19ClN4O2S. The number of carbonyl (C=O) groups is 1. The third kappa shape index (κ3) is 4.52. The van der Waals surface area contributed by atoms with Crippen LogP contribution in [0.2, 0.25) is 5.02 Å². The predicted molar refractivity (Wildman–Crippen MR) is 95.4 cm³/mol. The van der Waals surface area contributed by atoms with Crippen molar-refractivity contribution in [2.75, 3.05) is 5.75 Å². The van der Waals surface area contributed by atoms with Crippen LogP contribution in [0, 0.1) is 6.92 Å². The summed E-state index contributed by atoms with van der Waals surface area (Å²) in [6.45, 7) is 8.07. The quantitative estimate of drug-likeness (QED) is 0.573. The molecule has 0 aliphatic carbocycles. The Morgan fingerprint density at radius 1 is 1.54 bits per heavy atom. The number of allylic oxidation sites excluding steroid dienone is 1. The Balaban J connectivity index is 2.22. The molecule has 0 radical (unpaired) electrons. The van der Waals surface area contributed by atoms with E-state index < -0.39 is 5.91 Å². The fourth-order valence-corrected chi connectivity index (χ4v) is 3.05. The van der Waals surface area contributed by atoms with Crippen LogP contribution in [0.4, 0.5) is 0 Å². The van der Waals surface area contributed by atoms with Crippen LogP contribution in [-0.4, -0.2) is 26.4 Å². The number of thioether (sulfide) groups is 1. The van der Waals surface area contributed by atoms with E-state index in [9.17, 15) is 4.79 Å². The second kappa shape index (κ2) is 8.21. The number of halogens is 1. The number of nitrogens with two attached hydrogens (primary N) is 1. The first-order chi connectivity index (χ1) is 11.4. The monoisotopic (exact) mass is 366 g/mol. The van der Waals surface area contributed by atoms with Gasteiger partial charge in [0, 0.05) is 11.6 Å². The number of aryl methyl sites for hydroxylation is 1. The van der Waals surface area contributed by atoms with E-state index in [0.717, 1.165) is 11.3 Å². The van der Waals surface area contributed by atoms with Crippen molar-refractivity contribution in [1.82, 2.24) is 14.8 Å². The number of ether oxygens (including phenoxy) is 1. The summed E-state index contributed by atoms with van der Waals surface area (Å²) in [6.07, 6.45) is 1.40. The summed E-state index contributed by atoms with van der Waals surface area (Å²) in [6, 6.07) is 5.44. The highest BCUT2D eigenvalue weighted by Gasteiger charge is 2.20. The molecule has 6 nitrogen and oxygen atoms in total. The number of amides is 1. The normalized spacial score (nSPS) is 12.0. The van der Waals surface area contributed by atoms with Crippen LogP contribution in [0.25, 0.3) is 0 Å². The number of hydrogen-bond donors (Lipinski definition) is 1. The van der Waals surface area contributed by atoms with Gasteiger partial charge in [0.2, 0.25) is 5.91 Å². The average Bonchev–Trinajstić information content (AvgIpc) is 2.91. The highest BCUT2D eigenvalue weighted by Crippen LogP contribution is 2.28. The molecule has 128 valence electrons. The fraction of sp³-hybridized carbons (Fsp3) is 0.312. The molecule has 0 bridgehead atoms. The maximum Gasteiger partial charge on any atom is 0.227 e. The largest absolute Gasteiger partial charge is 0.482 e. The summed E-state index contributed by atoms with van der Waals surface area (Å²) in [5.74, 6) is 1.11. The molecule has 1 amide bonds. The SMILES string of the molecule is C=CCn1c(SCC(N)=O)nnc1C(C)Oc1ccc(Cl)cc1C. The molecule has 1 aromatic heterocycles. The van der Waals surface area contributed by atoms with Gasteiger partial charge >= 0.3 is 0 Å². The number of nitrogens with zero attached hydrogens (tertiary/aromatic N) is 3. The zero-order chi connectivity index (χ0) is 17.7. The highest BCUT2D eigenvalue weighted by atomic mass is 35.5. The van der Waals surface area contributed by atoms with Crippen LogP contribution in [0.5, 0.6) is 5.75 Å². The van der Waals surface area contributed by atoms with Crippen molar-refractivity contribution >= 4 is 29.3 Å². The first kappa shape index (κ1) is 18.4. The minimum atomic E-state index is -0.407. The second-order valence-electron chi connectivity index (χ2n) is 5.16. The van der Waals surface area contributed by atoms with Gasteiger partial charge in [-0.15, -0.1) is 16.8 Å². The van der Waals surface area contributed by atoms with Crippen LogP contribution < -0.4 is 10.5 Å². The van der Waals surface area contributed by atoms with Crippen LogP contribution in [0.1, 0.15) is 24.4 Å². The molecule has 0 saturated heterocycles. The molecule has 0 aliphatic heterocycles. The molecule has 8 heteroatoms. The van der Waals surface area contributed by atoms with Gasteiger partial charge in [-0.2, -0.15) is 0 Å². The Morgan fingerprint density at radius 2 is 2.29 bits per heavy atom. The van der Waals surface area contributed by atoms with Gasteiger partial charge in [0.25, 0.3) is 0 Å². The molecule has 1 unspecified atom stereocenters. The van der Waals surface area contributed by atoms with E-state index in [1.165, 1.54) is 11.8 Å². The Kier molecular flexibility index (Phi) is 6.28. The van der Waals surface area contributed by atoms with E-state index in [-0.39, 0.29) is 11.9 Å². The lowest BCUT2D eigenvalue weighted by Gasteiger charge is -2.17. The van der Waals surface area contributed by atoms with E-state index >= 15 is 0 Å². The number of rotatable bonds is 8. The van der Waals surface area contributed by atoms with Gasteiger partial charge in [-0.25, -0.2) is 0 Å². The van der Waals surface area contributed by atoms with Crippen molar-refractivity contribution in [1.29, 1.82) is 0 Å². The molecule has 2 N–H and O–H groups in total. The van der Waals surface area contributed by atoms with Crippen LogP contribution in [-0.2, 0) is 11.3 Å². The molecule has 0 fully saturated rings. The lowest BCUT2D eigenvalue weighted by Crippen LogP contribution is -2.15. The first-order valence-corrected chi connectivity index (χ1v) is 8.66. The first-order valence-electron chi connectivity index (χ1n) is 7.30. The molecule has 24 heavy (non-hydrogen) atoms. The Hall–Kier alpha value is -1.99. The summed E-state index contributed by atoms with van der Waals surface area (Å²) in [5.41, 5.74) is 6.13.